The Morgan fingerprint density at radius 1 is 1.17 bits per heavy atom. The third-order valence-electron chi connectivity index (χ3n) is 5.03. The van der Waals surface area contributed by atoms with Crippen molar-refractivity contribution < 1.29 is 4.74 Å². The summed E-state index contributed by atoms with van der Waals surface area (Å²) < 4.78 is 5.39. The van der Waals surface area contributed by atoms with Crippen molar-refractivity contribution in [3.05, 3.63) is 0 Å². The maximum Gasteiger partial charge on any atom is 0.0630 e. The second-order valence-electron chi connectivity index (χ2n) is 6.16. The van der Waals surface area contributed by atoms with Gasteiger partial charge in [-0.3, -0.25) is 4.90 Å². The van der Waals surface area contributed by atoms with E-state index in [1.54, 1.807) is 0 Å². The van der Waals surface area contributed by atoms with Gasteiger partial charge in [-0.2, -0.15) is 0 Å². The summed E-state index contributed by atoms with van der Waals surface area (Å²) in [6.07, 6.45) is 8.75. The number of ether oxygens (including phenoxy) is 1. The fourth-order valence-corrected chi connectivity index (χ4v) is 3.79. The number of methoxy groups -OCH3 is 1. The van der Waals surface area contributed by atoms with E-state index in [0.717, 1.165) is 25.1 Å². The first-order chi connectivity index (χ1) is 8.79. The van der Waals surface area contributed by atoms with E-state index in [1.807, 2.05) is 7.11 Å². The van der Waals surface area contributed by atoms with Crippen LogP contribution in [0.3, 0.4) is 0 Å². The summed E-state index contributed by atoms with van der Waals surface area (Å²) in [5.41, 5.74) is 0.728. The standard InChI is InChI=1S/C15H30N2O/c1-3-16-12-14(13-18-2)17-10-8-15(9-11-17)6-4-5-7-15/h14,16H,3-13H2,1-2H3. The Labute approximate surface area is 112 Å². The van der Waals surface area contributed by atoms with Gasteiger partial charge in [0.2, 0.25) is 0 Å². The Morgan fingerprint density at radius 2 is 1.83 bits per heavy atom. The second kappa shape index (κ2) is 6.88. The molecule has 0 amide bonds. The van der Waals surface area contributed by atoms with Gasteiger partial charge in [-0.1, -0.05) is 19.8 Å². The third-order valence-corrected chi connectivity index (χ3v) is 5.03. The molecule has 0 bridgehead atoms. The lowest BCUT2D eigenvalue weighted by Gasteiger charge is -2.42. The first-order valence-electron chi connectivity index (χ1n) is 7.73. The van der Waals surface area contributed by atoms with Crippen molar-refractivity contribution in [3.8, 4) is 0 Å². The fourth-order valence-electron chi connectivity index (χ4n) is 3.79. The zero-order chi connectivity index (χ0) is 12.8. The minimum Gasteiger partial charge on any atom is -0.383 e. The van der Waals surface area contributed by atoms with Crippen LogP contribution in [0.4, 0.5) is 0 Å². The van der Waals surface area contributed by atoms with Crippen LogP contribution in [0.1, 0.15) is 45.4 Å². The van der Waals surface area contributed by atoms with Gasteiger partial charge in [-0.05, 0) is 50.7 Å². The molecule has 3 heteroatoms. The third kappa shape index (κ3) is 3.46. The van der Waals surface area contributed by atoms with Crippen molar-refractivity contribution >= 4 is 0 Å². The van der Waals surface area contributed by atoms with Crippen LogP contribution in [-0.4, -0.2) is 50.8 Å². The van der Waals surface area contributed by atoms with Gasteiger partial charge in [0.25, 0.3) is 0 Å². The van der Waals surface area contributed by atoms with Gasteiger partial charge in [-0.15, -0.1) is 0 Å². The Hall–Kier alpha value is -0.120. The van der Waals surface area contributed by atoms with E-state index in [1.165, 1.54) is 51.6 Å². The topological polar surface area (TPSA) is 24.5 Å². The zero-order valence-corrected chi connectivity index (χ0v) is 12.2. The lowest BCUT2D eigenvalue weighted by atomic mass is 9.77. The number of hydrogen-bond acceptors (Lipinski definition) is 3. The molecule has 1 saturated carbocycles. The molecule has 1 aliphatic carbocycles. The highest BCUT2D eigenvalue weighted by atomic mass is 16.5. The maximum absolute atomic E-state index is 5.39. The van der Waals surface area contributed by atoms with Gasteiger partial charge in [0.05, 0.1) is 6.61 Å². The molecule has 0 radical (unpaired) electrons. The number of likely N-dealkylation sites (tertiary alicyclic amines) is 1. The Bertz CT molecular complexity index is 229. The molecular formula is C15H30N2O. The monoisotopic (exact) mass is 254 g/mol. The van der Waals surface area contributed by atoms with Crippen LogP contribution in [0.5, 0.6) is 0 Å². The average Bonchev–Trinajstić information content (AvgIpc) is 2.84. The Kier molecular flexibility index (Phi) is 5.46. The Balaban J connectivity index is 1.81. The quantitative estimate of drug-likeness (QED) is 0.787. The normalized spacial score (nSPS) is 25.7. The van der Waals surface area contributed by atoms with Gasteiger partial charge in [0, 0.05) is 19.7 Å². The molecule has 1 heterocycles. The maximum atomic E-state index is 5.39. The van der Waals surface area contributed by atoms with E-state index in [9.17, 15) is 0 Å². The molecule has 1 aliphatic heterocycles. The molecule has 18 heavy (non-hydrogen) atoms. The van der Waals surface area contributed by atoms with Crippen LogP contribution >= 0.6 is 0 Å². The highest BCUT2D eigenvalue weighted by Gasteiger charge is 2.38. The van der Waals surface area contributed by atoms with E-state index in [4.69, 9.17) is 4.74 Å². The number of nitrogens with zero attached hydrogens (tertiary/aromatic N) is 1. The molecule has 1 spiro atoms. The number of rotatable bonds is 6. The molecule has 0 aromatic carbocycles. The van der Waals surface area contributed by atoms with Crippen molar-refractivity contribution in [2.75, 3.05) is 39.9 Å². The van der Waals surface area contributed by atoms with Gasteiger partial charge in [0.1, 0.15) is 0 Å². The molecule has 2 aliphatic rings. The highest BCUT2D eigenvalue weighted by molar-refractivity contribution is 4.91. The summed E-state index contributed by atoms with van der Waals surface area (Å²) >= 11 is 0. The summed E-state index contributed by atoms with van der Waals surface area (Å²) in [4.78, 5) is 2.65. The molecule has 1 saturated heterocycles. The van der Waals surface area contributed by atoms with Crippen LogP contribution in [0.2, 0.25) is 0 Å². The number of likely N-dealkylation sites (N-methyl/N-ethyl adjacent to an activating group) is 1. The smallest absolute Gasteiger partial charge is 0.0630 e. The first kappa shape index (κ1) is 14.3. The largest absolute Gasteiger partial charge is 0.383 e. The van der Waals surface area contributed by atoms with E-state index in [-0.39, 0.29) is 0 Å². The fraction of sp³-hybridized carbons (Fsp3) is 1.00. The van der Waals surface area contributed by atoms with Crippen LogP contribution in [0.15, 0.2) is 0 Å². The summed E-state index contributed by atoms with van der Waals surface area (Å²) in [5.74, 6) is 0. The molecule has 106 valence electrons. The lowest BCUT2D eigenvalue weighted by molar-refractivity contribution is 0.0377. The average molecular weight is 254 g/mol. The van der Waals surface area contributed by atoms with E-state index in [2.05, 4.69) is 17.1 Å². The summed E-state index contributed by atoms with van der Waals surface area (Å²) in [7, 11) is 1.82. The number of nitrogens with one attached hydrogen (secondary N) is 1. The number of piperidine rings is 1. The predicted molar refractivity (Wildman–Crippen MR) is 75.9 cm³/mol. The van der Waals surface area contributed by atoms with Crippen molar-refractivity contribution in [1.82, 2.24) is 10.2 Å². The zero-order valence-electron chi connectivity index (χ0n) is 12.2. The van der Waals surface area contributed by atoms with Crippen molar-refractivity contribution in [2.45, 2.75) is 51.5 Å². The van der Waals surface area contributed by atoms with Crippen molar-refractivity contribution in [3.63, 3.8) is 0 Å². The molecule has 3 nitrogen and oxygen atoms in total. The van der Waals surface area contributed by atoms with Crippen LogP contribution in [0, 0.1) is 5.41 Å². The minimum atomic E-state index is 0.564. The molecule has 2 rings (SSSR count). The van der Waals surface area contributed by atoms with E-state index >= 15 is 0 Å². The summed E-state index contributed by atoms with van der Waals surface area (Å²) in [5, 5.41) is 3.47. The lowest BCUT2D eigenvalue weighted by Crippen LogP contribution is -2.50. The van der Waals surface area contributed by atoms with E-state index < -0.39 is 0 Å². The van der Waals surface area contributed by atoms with E-state index in [0.29, 0.717) is 6.04 Å². The molecule has 2 fully saturated rings. The first-order valence-corrected chi connectivity index (χ1v) is 7.73. The predicted octanol–water partition coefficient (Wildman–Crippen LogP) is 2.27. The minimum absolute atomic E-state index is 0.564. The molecule has 0 aromatic rings. The van der Waals surface area contributed by atoms with Gasteiger partial charge >= 0.3 is 0 Å². The van der Waals surface area contributed by atoms with Crippen molar-refractivity contribution in [1.29, 1.82) is 0 Å². The summed E-state index contributed by atoms with van der Waals surface area (Å²) in [6, 6.07) is 0.564. The second-order valence-corrected chi connectivity index (χ2v) is 6.16. The highest BCUT2D eigenvalue weighted by Crippen LogP contribution is 2.46. The Morgan fingerprint density at radius 3 is 2.39 bits per heavy atom. The van der Waals surface area contributed by atoms with Gasteiger partial charge in [-0.25, -0.2) is 0 Å². The SMILES string of the molecule is CCNCC(COC)N1CCC2(CCCC2)CC1. The molecule has 1 N–H and O–H groups in total. The molecule has 1 unspecified atom stereocenters. The number of hydrogen-bond donors (Lipinski definition) is 1. The van der Waals surface area contributed by atoms with Gasteiger partial charge in [0.15, 0.2) is 0 Å². The van der Waals surface area contributed by atoms with Crippen LogP contribution in [0.25, 0.3) is 0 Å². The molecule has 0 aromatic heterocycles. The van der Waals surface area contributed by atoms with Gasteiger partial charge < -0.3 is 10.1 Å². The summed E-state index contributed by atoms with van der Waals surface area (Å²) in [6.45, 7) is 7.71. The van der Waals surface area contributed by atoms with Crippen molar-refractivity contribution in [2.24, 2.45) is 5.41 Å². The van der Waals surface area contributed by atoms with Crippen LogP contribution < -0.4 is 5.32 Å². The van der Waals surface area contributed by atoms with Crippen LogP contribution in [-0.2, 0) is 4.74 Å². The molecule has 1 atom stereocenters. The molecular weight excluding hydrogens is 224 g/mol.